The molecule has 1 heterocycles. The molecule has 0 amide bonds. The third-order valence-electron chi connectivity index (χ3n) is 2.95. The van der Waals surface area contributed by atoms with Crippen molar-refractivity contribution in [3.8, 4) is 5.75 Å². The van der Waals surface area contributed by atoms with Crippen molar-refractivity contribution in [2.45, 2.75) is 25.9 Å². The molecular formula is C12H14O3. The standard InChI is InChI=1S/C12H14O3/c1-7-8(2)15-11-9(7)5-4-6-10(11)12(13)14-3/h4-8H,1-3H3/t7-,8+/m0/s1. The lowest BCUT2D eigenvalue weighted by atomic mass is 9.97. The molecule has 1 aromatic carbocycles. The first kappa shape index (κ1) is 10.0. The highest BCUT2D eigenvalue weighted by Crippen LogP contribution is 2.40. The zero-order valence-electron chi connectivity index (χ0n) is 9.11. The van der Waals surface area contributed by atoms with Gasteiger partial charge in [-0.05, 0) is 13.0 Å². The first-order chi connectivity index (χ1) is 7.15. The fourth-order valence-corrected chi connectivity index (χ4v) is 1.86. The van der Waals surface area contributed by atoms with Gasteiger partial charge in [0, 0.05) is 11.5 Å². The second-order valence-electron chi connectivity index (χ2n) is 3.83. The molecule has 2 rings (SSSR count). The summed E-state index contributed by atoms with van der Waals surface area (Å²) in [5.74, 6) is 0.669. The Balaban J connectivity index is 2.49. The molecule has 3 nitrogen and oxygen atoms in total. The molecule has 1 aromatic rings. The molecule has 0 N–H and O–H groups in total. The average Bonchev–Trinajstić information content (AvgIpc) is 2.54. The van der Waals surface area contributed by atoms with Gasteiger partial charge in [-0.25, -0.2) is 4.79 Å². The van der Waals surface area contributed by atoms with Crippen LogP contribution in [0.4, 0.5) is 0 Å². The Hall–Kier alpha value is -1.51. The maximum absolute atomic E-state index is 11.5. The molecule has 0 radical (unpaired) electrons. The molecule has 80 valence electrons. The van der Waals surface area contributed by atoms with E-state index in [4.69, 9.17) is 9.47 Å². The summed E-state index contributed by atoms with van der Waals surface area (Å²) in [5, 5.41) is 0. The fraction of sp³-hybridized carbons (Fsp3) is 0.417. The molecule has 3 heteroatoms. The largest absolute Gasteiger partial charge is 0.489 e. The highest BCUT2D eigenvalue weighted by molar-refractivity contribution is 5.93. The topological polar surface area (TPSA) is 35.5 Å². The van der Waals surface area contributed by atoms with Crippen LogP contribution in [0.25, 0.3) is 0 Å². The molecule has 0 saturated carbocycles. The van der Waals surface area contributed by atoms with E-state index in [2.05, 4.69) is 6.92 Å². The molecule has 0 fully saturated rings. The Kier molecular flexibility index (Phi) is 2.39. The fourth-order valence-electron chi connectivity index (χ4n) is 1.86. The van der Waals surface area contributed by atoms with Gasteiger partial charge < -0.3 is 9.47 Å². The maximum atomic E-state index is 11.5. The van der Waals surface area contributed by atoms with E-state index in [1.54, 1.807) is 6.07 Å². The second kappa shape index (κ2) is 3.57. The van der Waals surface area contributed by atoms with E-state index in [9.17, 15) is 4.79 Å². The van der Waals surface area contributed by atoms with Crippen molar-refractivity contribution in [1.29, 1.82) is 0 Å². The first-order valence-electron chi connectivity index (χ1n) is 5.03. The number of esters is 1. The average molecular weight is 206 g/mol. The lowest BCUT2D eigenvalue weighted by molar-refractivity contribution is 0.0595. The highest BCUT2D eigenvalue weighted by atomic mass is 16.5. The number of fused-ring (bicyclic) bond motifs is 1. The molecule has 15 heavy (non-hydrogen) atoms. The highest BCUT2D eigenvalue weighted by Gasteiger charge is 2.31. The van der Waals surface area contributed by atoms with Gasteiger partial charge in [0.25, 0.3) is 0 Å². The number of hydrogen-bond donors (Lipinski definition) is 0. The summed E-state index contributed by atoms with van der Waals surface area (Å²) in [6.07, 6.45) is 0.116. The molecule has 0 aliphatic carbocycles. The third-order valence-corrected chi connectivity index (χ3v) is 2.95. The Morgan fingerprint density at radius 3 is 2.80 bits per heavy atom. The van der Waals surface area contributed by atoms with Crippen molar-refractivity contribution in [3.05, 3.63) is 29.3 Å². The van der Waals surface area contributed by atoms with Gasteiger partial charge in [0.05, 0.1) is 7.11 Å². The molecular weight excluding hydrogens is 192 g/mol. The predicted octanol–water partition coefficient (Wildman–Crippen LogP) is 2.36. The van der Waals surface area contributed by atoms with Crippen molar-refractivity contribution < 1.29 is 14.3 Å². The van der Waals surface area contributed by atoms with Gasteiger partial charge in [-0.3, -0.25) is 0 Å². The van der Waals surface area contributed by atoms with Gasteiger partial charge >= 0.3 is 5.97 Å². The SMILES string of the molecule is COC(=O)c1cccc2c1O[C@H](C)[C@@H]2C. The second-order valence-corrected chi connectivity index (χ2v) is 3.83. The number of benzene rings is 1. The number of ether oxygens (including phenoxy) is 2. The molecule has 0 unspecified atom stereocenters. The van der Waals surface area contributed by atoms with Crippen molar-refractivity contribution >= 4 is 5.97 Å². The number of rotatable bonds is 1. The summed E-state index contributed by atoms with van der Waals surface area (Å²) in [6, 6.07) is 5.59. The summed E-state index contributed by atoms with van der Waals surface area (Å²) in [6.45, 7) is 4.10. The zero-order valence-corrected chi connectivity index (χ0v) is 9.11. The van der Waals surface area contributed by atoms with Gasteiger partial charge in [-0.1, -0.05) is 19.1 Å². The normalized spacial score (nSPS) is 23.1. The minimum absolute atomic E-state index is 0.116. The van der Waals surface area contributed by atoms with Gasteiger partial charge in [0.15, 0.2) is 0 Å². The number of para-hydroxylation sites is 1. The van der Waals surface area contributed by atoms with Crippen LogP contribution in [0.1, 0.15) is 35.7 Å². The lowest BCUT2D eigenvalue weighted by Gasteiger charge is -2.08. The number of carbonyl (C=O) groups excluding carboxylic acids is 1. The van der Waals surface area contributed by atoms with Crippen molar-refractivity contribution in [3.63, 3.8) is 0 Å². The smallest absolute Gasteiger partial charge is 0.341 e. The van der Waals surface area contributed by atoms with Crippen LogP contribution in [0.5, 0.6) is 5.75 Å². The molecule has 0 spiro atoms. The molecule has 1 aliphatic heterocycles. The Morgan fingerprint density at radius 1 is 1.40 bits per heavy atom. The van der Waals surface area contributed by atoms with Gasteiger partial charge in [-0.2, -0.15) is 0 Å². The van der Waals surface area contributed by atoms with Gasteiger partial charge in [-0.15, -0.1) is 0 Å². The van der Waals surface area contributed by atoms with E-state index in [-0.39, 0.29) is 12.1 Å². The van der Waals surface area contributed by atoms with E-state index in [1.165, 1.54) is 7.11 Å². The molecule has 1 aliphatic rings. The minimum Gasteiger partial charge on any atom is -0.489 e. The van der Waals surface area contributed by atoms with Crippen LogP contribution < -0.4 is 4.74 Å². The van der Waals surface area contributed by atoms with Crippen molar-refractivity contribution in [1.82, 2.24) is 0 Å². The van der Waals surface area contributed by atoms with Crippen LogP contribution in [0.15, 0.2) is 18.2 Å². The number of methoxy groups -OCH3 is 1. The Labute approximate surface area is 89.0 Å². The van der Waals surface area contributed by atoms with Crippen molar-refractivity contribution in [2.24, 2.45) is 0 Å². The van der Waals surface area contributed by atoms with Crippen LogP contribution in [0, 0.1) is 0 Å². The number of carbonyl (C=O) groups is 1. The summed E-state index contributed by atoms with van der Waals surface area (Å²) < 4.78 is 10.4. The summed E-state index contributed by atoms with van der Waals surface area (Å²) >= 11 is 0. The Morgan fingerprint density at radius 2 is 2.13 bits per heavy atom. The quantitative estimate of drug-likeness (QED) is 0.662. The maximum Gasteiger partial charge on any atom is 0.341 e. The van der Waals surface area contributed by atoms with E-state index < -0.39 is 0 Å². The molecule has 0 saturated heterocycles. The monoisotopic (exact) mass is 206 g/mol. The summed E-state index contributed by atoms with van der Waals surface area (Å²) in [5.41, 5.74) is 1.61. The zero-order chi connectivity index (χ0) is 11.0. The lowest BCUT2D eigenvalue weighted by Crippen LogP contribution is -2.11. The van der Waals surface area contributed by atoms with Gasteiger partial charge in [0.1, 0.15) is 17.4 Å². The van der Waals surface area contributed by atoms with E-state index >= 15 is 0 Å². The van der Waals surface area contributed by atoms with E-state index in [0.717, 1.165) is 5.56 Å². The first-order valence-corrected chi connectivity index (χ1v) is 5.03. The minimum atomic E-state index is -0.340. The van der Waals surface area contributed by atoms with Crippen LogP contribution >= 0.6 is 0 Å². The van der Waals surface area contributed by atoms with Gasteiger partial charge in [0.2, 0.25) is 0 Å². The predicted molar refractivity (Wildman–Crippen MR) is 56.3 cm³/mol. The summed E-state index contributed by atoms with van der Waals surface area (Å²) in [7, 11) is 1.38. The van der Waals surface area contributed by atoms with Crippen LogP contribution in [0.3, 0.4) is 0 Å². The molecule has 2 atom stereocenters. The van der Waals surface area contributed by atoms with E-state index in [0.29, 0.717) is 17.2 Å². The van der Waals surface area contributed by atoms with Crippen LogP contribution in [-0.4, -0.2) is 19.2 Å². The van der Waals surface area contributed by atoms with E-state index in [1.807, 2.05) is 19.1 Å². The third kappa shape index (κ3) is 1.48. The van der Waals surface area contributed by atoms with Crippen molar-refractivity contribution in [2.75, 3.05) is 7.11 Å². The Bertz CT molecular complexity index is 398. The molecule has 0 aromatic heterocycles. The molecule has 0 bridgehead atoms. The summed E-state index contributed by atoms with van der Waals surface area (Å²) in [4.78, 5) is 11.5. The van der Waals surface area contributed by atoms with Crippen LogP contribution in [-0.2, 0) is 4.74 Å². The number of hydrogen-bond acceptors (Lipinski definition) is 3. The van der Waals surface area contributed by atoms with Crippen LogP contribution in [0.2, 0.25) is 0 Å².